The van der Waals surface area contributed by atoms with Crippen LogP contribution in [0.3, 0.4) is 0 Å². The molecule has 0 unspecified atom stereocenters. The maximum absolute atomic E-state index is 13.4. The molecule has 5 rings (SSSR count). The van der Waals surface area contributed by atoms with Crippen molar-refractivity contribution in [3.63, 3.8) is 0 Å². The topological polar surface area (TPSA) is 126 Å². The molecule has 198 valence electrons. The van der Waals surface area contributed by atoms with E-state index in [0.717, 1.165) is 11.5 Å². The number of pyridine rings is 1. The van der Waals surface area contributed by atoms with Crippen LogP contribution in [0.5, 0.6) is 11.5 Å². The van der Waals surface area contributed by atoms with E-state index in [1.54, 1.807) is 54.9 Å². The van der Waals surface area contributed by atoms with Gasteiger partial charge in [-0.2, -0.15) is 13.2 Å². The number of carbonyl (C=O) groups is 1. The fourth-order valence-electron chi connectivity index (χ4n) is 4.04. The first-order valence-electron chi connectivity index (χ1n) is 11.8. The molecule has 0 spiro atoms. The Morgan fingerprint density at radius 3 is 2.54 bits per heavy atom. The molecule has 0 fully saturated rings. The summed E-state index contributed by atoms with van der Waals surface area (Å²) in [5.74, 6) is 0.923. The molecule has 0 atom stereocenters. The van der Waals surface area contributed by atoms with Crippen molar-refractivity contribution in [3.05, 3.63) is 102 Å². The minimum Gasteiger partial charge on any atom is -0.457 e. The number of rotatable bonds is 7. The van der Waals surface area contributed by atoms with Crippen LogP contribution in [0.4, 0.5) is 18.9 Å². The van der Waals surface area contributed by atoms with Crippen molar-refractivity contribution in [2.75, 3.05) is 5.32 Å². The predicted molar refractivity (Wildman–Crippen MR) is 139 cm³/mol. The quantitative estimate of drug-likeness (QED) is 0.215. The molecule has 39 heavy (non-hydrogen) atoms. The van der Waals surface area contributed by atoms with Gasteiger partial charge >= 0.3 is 6.18 Å². The summed E-state index contributed by atoms with van der Waals surface area (Å²) >= 11 is 0. The minimum absolute atomic E-state index is 0.0119. The summed E-state index contributed by atoms with van der Waals surface area (Å²) in [6.45, 7) is -0.467. The van der Waals surface area contributed by atoms with E-state index in [9.17, 15) is 23.1 Å². The van der Waals surface area contributed by atoms with Gasteiger partial charge in [0.05, 0.1) is 17.9 Å². The number of fused-ring (bicyclic) bond motifs is 1. The van der Waals surface area contributed by atoms with Crippen molar-refractivity contribution in [3.8, 4) is 23.0 Å². The first kappa shape index (κ1) is 25.9. The number of halogens is 3. The average Bonchev–Trinajstić information content (AvgIpc) is 3.42. The van der Waals surface area contributed by atoms with Gasteiger partial charge < -0.3 is 25.9 Å². The van der Waals surface area contributed by atoms with Crippen LogP contribution in [0.25, 0.3) is 22.3 Å². The average molecular weight is 534 g/mol. The van der Waals surface area contributed by atoms with Crippen LogP contribution in [-0.4, -0.2) is 26.0 Å². The van der Waals surface area contributed by atoms with Crippen LogP contribution in [0.15, 0.2) is 79.1 Å². The van der Waals surface area contributed by atoms with Crippen LogP contribution in [-0.2, 0) is 19.3 Å². The highest BCUT2D eigenvalue weighted by Gasteiger charge is 2.33. The molecule has 5 aromatic rings. The van der Waals surface area contributed by atoms with E-state index in [0.29, 0.717) is 34.1 Å². The van der Waals surface area contributed by atoms with Crippen LogP contribution >= 0.6 is 0 Å². The Labute approximate surface area is 220 Å². The van der Waals surface area contributed by atoms with Gasteiger partial charge in [-0.1, -0.05) is 18.2 Å². The largest absolute Gasteiger partial charge is 0.457 e. The molecule has 1 amide bonds. The zero-order chi connectivity index (χ0) is 27.6. The molecule has 0 aliphatic heterocycles. The van der Waals surface area contributed by atoms with Crippen molar-refractivity contribution in [1.29, 1.82) is 0 Å². The third kappa shape index (κ3) is 5.74. The summed E-state index contributed by atoms with van der Waals surface area (Å²) in [4.78, 5) is 24.3. The van der Waals surface area contributed by atoms with E-state index in [2.05, 4.69) is 20.3 Å². The monoisotopic (exact) mass is 533 g/mol. The lowest BCUT2D eigenvalue weighted by atomic mass is 10.0. The summed E-state index contributed by atoms with van der Waals surface area (Å²) in [7, 11) is 0. The van der Waals surface area contributed by atoms with Crippen LogP contribution in [0.2, 0.25) is 0 Å². The Hall–Kier alpha value is -4.74. The molecule has 0 bridgehead atoms. The molecule has 2 heterocycles. The highest BCUT2D eigenvalue weighted by Crippen LogP contribution is 2.34. The Balaban J connectivity index is 1.36. The Morgan fingerprint density at radius 1 is 1.00 bits per heavy atom. The number of H-pyrrole nitrogens is 1. The number of aliphatic hydroxyl groups is 1. The summed E-state index contributed by atoms with van der Waals surface area (Å²) in [6.07, 6.45) is -1.43. The third-order valence-electron chi connectivity index (χ3n) is 5.97. The number of nitrogens with two attached hydrogens (primary N) is 1. The Kier molecular flexibility index (Phi) is 7.01. The second-order valence-electron chi connectivity index (χ2n) is 8.63. The minimum atomic E-state index is -4.59. The molecule has 11 heteroatoms. The van der Waals surface area contributed by atoms with E-state index in [1.807, 2.05) is 6.07 Å². The van der Waals surface area contributed by atoms with E-state index >= 15 is 0 Å². The molecule has 0 saturated heterocycles. The fourth-order valence-corrected chi connectivity index (χ4v) is 4.04. The first-order valence-corrected chi connectivity index (χ1v) is 11.8. The lowest BCUT2D eigenvalue weighted by molar-refractivity contribution is -0.138. The number of nitrogens with zero attached hydrogens (tertiary/aromatic N) is 2. The maximum Gasteiger partial charge on any atom is 0.416 e. The van der Waals surface area contributed by atoms with E-state index in [1.165, 1.54) is 12.1 Å². The van der Waals surface area contributed by atoms with Crippen molar-refractivity contribution in [2.24, 2.45) is 5.73 Å². The predicted octanol–water partition coefficient (Wildman–Crippen LogP) is 5.64. The highest BCUT2D eigenvalue weighted by atomic mass is 19.4. The second kappa shape index (κ2) is 10.6. The fraction of sp³-hybridized carbons (Fsp3) is 0.107. The molecule has 2 aromatic heterocycles. The van der Waals surface area contributed by atoms with Gasteiger partial charge in [-0.15, -0.1) is 0 Å². The van der Waals surface area contributed by atoms with Crippen LogP contribution in [0, 0.1) is 0 Å². The van der Waals surface area contributed by atoms with Crippen LogP contribution in [0.1, 0.15) is 27.2 Å². The zero-order valence-electron chi connectivity index (χ0n) is 20.3. The molecule has 0 aliphatic rings. The Morgan fingerprint density at radius 2 is 1.79 bits per heavy atom. The highest BCUT2D eigenvalue weighted by molar-refractivity contribution is 6.06. The molecular weight excluding hydrogens is 511 g/mol. The summed E-state index contributed by atoms with van der Waals surface area (Å²) in [5.41, 5.74) is 5.78. The first-order chi connectivity index (χ1) is 18.7. The number of imidazole rings is 1. The van der Waals surface area contributed by atoms with Gasteiger partial charge in [0.2, 0.25) is 0 Å². The van der Waals surface area contributed by atoms with E-state index in [4.69, 9.17) is 10.5 Å². The molecule has 0 saturated carbocycles. The van der Waals surface area contributed by atoms with Gasteiger partial charge in [0.25, 0.3) is 5.91 Å². The molecule has 3 aromatic carbocycles. The normalized spacial score (nSPS) is 11.5. The number of benzene rings is 3. The van der Waals surface area contributed by atoms with Crippen molar-refractivity contribution < 1.29 is 27.8 Å². The van der Waals surface area contributed by atoms with E-state index in [-0.39, 0.29) is 30.0 Å². The smallest absolute Gasteiger partial charge is 0.416 e. The van der Waals surface area contributed by atoms with Gasteiger partial charge in [0, 0.05) is 36.3 Å². The van der Waals surface area contributed by atoms with E-state index < -0.39 is 17.6 Å². The molecule has 0 radical (unpaired) electrons. The molecule has 8 nitrogen and oxygen atoms in total. The van der Waals surface area contributed by atoms with Gasteiger partial charge in [-0.05, 0) is 58.8 Å². The number of aromatic nitrogens is 3. The number of alkyl halides is 3. The summed E-state index contributed by atoms with van der Waals surface area (Å²) in [6, 6.07) is 17.2. The van der Waals surface area contributed by atoms with Crippen molar-refractivity contribution in [1.82, 2.24) is 15.0 Å². The number of hydrogen-bond donors (Lipinski definition) is 4. The SMILES string of the molecule is NCc1ccc(NC(=O)c2ccc3ccc(Oc4ccnc(-c5nc(CO)c[nH]5)c4)cc3c2)cc1C(F)(F)F. The number of ether oxygens (including phenoxy) is 1. The number of aliphatic hydroxyl groups excluding tert-OH is 1. The van der Waals surface area contributed by atoms with Gasteiger partial charge in [-0.3, -0.25) is 9.78 Å². The summed E-state index contributed by atoms with van der Waals surface area (Å²) < 4.78 is 46.1. The second-order valence-corrected chi connectivity index (χ2v) is 8.63. The van der Waals surface area contributed by atoms with Gasteiger partial charge in [0.1, 0.15) is 17.2 Å². The summed E-state index contributed by atoms with van der Waals surface area (Å²) in [5, 5.41) is 13.3. The number of anilines is 1. The number of hydrogen-bond acceptors (Lipinski definition) is 6. The van der Waals surface area contributed by atoms with Crippen molar-refractivity contribution >= 4 is 22.4 Å². The third-order valence-corrected chi connectivity index (χ3v) is 5.97. The number of amides is 1. The lowest BCUT2D eigenvalue weighted by Gasteiger charge is -2.14. The molecule has 5 N–H and O–H groups in total. The van der Waals surface area contributed by atoms with Crippen molar-refractivity contribution in [2.45, 2.75) is 19.3 Å². The molecule has 0 aliphatic carbocycles. The maximum atomic E-state index is 13.4. The number of nitrogens with one attached hydrogen (secondary N) is 2. The standard InChI is InChI=1S/C28H22F3N5O3/c29-28(30,31)24-11-20(5-3-18(24)13-32)36-27(38)17-2-1-16-4-6-22(10-19(16)9-17)39-23-7-8-33-25(12-23)26-34-14-21(15-37)35-26/h1-12,14,37H,13,15,32H2,(H,34,35)(H,36,38). The molecular formula is C28H22F3N5O3. The number of carbonyl (C=O) groups excluding carboxylic acids is 1. The van der Waals surface area contributed by atoms with Gasteiger partial charge in [-0.25, -0.2) is 4.98 Å². The lowest BCUT2D eigenvalue weighted by Crippen LogP contribution is -2.15. The van der Waals surface area contributed by atoms with Crippen LogP contribution < -0.4 is 15.8 Å². The number of aromatic amines is 1. The Bertz CT molecular complexity index is 1670. The zero-order valence-corrected chi connectivity index (χ0v) is 20.3. The van der Waals surface area contributed by atoms with Gasteiger partial charge in [0.15, 0.2) is 5.82 Å².